The van der Waals surface area contributed by atoms with E-state index in [-0.39, 0.29) is 12.0 Å². The molecule has 2 N–H and O–H groups in total. The summed E-state index contributed by atoms with van der Waals surface area (Å²) in [6.45, 7) is 1.49. The predicted octanol–water partition coefficient (Wildman–Crippen LogP) is 2.24. The SMILES string of the molecule is Nc1nccnc1C1CN(C(=O)CCc2ccc(Cl)cc2)CCO1. The molecule has 1 unspecified atom stereocenters. The van der Waals surface area contributed by atoms with Crippen molar-refractivity contribution < 1.29 is 9.53 Å². The Morgan fingerprint density at radius 3 is 2.79 bits per heavy atom. The number of ether oxygens (including phenoxy) is 1. The Balaban J connectivity index is 1.59. The van der Waals surface area contributed by atoms with E-state index in [9.17, 15) is 4.79 Å². The standard InChI is InChI=1S/C17H19ClN4O2/c18-13-4-1-12(2-5-13)3-6-15(23)22-9-10-24-14(11-22)16-17(19)21-8-7-20-16/h1-2,4-5,7-8,14H,3,6,9-11H2,(H2,19,21). The molecule has 1 aromatic carbocycles. The number of anilines is 1. The summed E-state index contributed by atoms with van der Waals surface area (Å²) in [6.07, 6.45) is 3.93. The van der Waals surface area contributed by atoms with Crippen LogP contribution in [0.25, 0.3) is 0 Å². The van der Waals surface area contributed by atoms with E-state index in [2.05, 4.69) is 9.97 Å². The van der Waals surface area contributed by atoms with Crippen LogP contribution in [0.3, 0.4) is 0 Å². The van der Waals surface area contributed by atoms with Crippen LogP contribution in [0.15, 0.2) is 36.7 Å². The molecule has 0 aliphatic carbocycles. The van der Waals surface area contributed by atoms with Gasteiger partial charge in [0.2, 0.25) is 5.91 Å². The van der Waals surface area contributed by atoms with Crippen LogP contribution in [0.1, 0.15) is 23.8 Å². The van der Waals surface area contributed by atoms with Crippen LogP contribution in [0.2, 0.25) is 5.02 Å². The quantitative estimate of drug-likeness (QED) is 0.918. The minimum Gasteiger partial charge on any atom is -0.382 e. The highest BCUT2D eigenvalue weighted by Crippen LogP contribution is 2.24. The van der Waals surface area contributed by atoms with Crippen LogP contribution in [-0.4, -0.2) is 40.5 Å². The van der Waals surface area contributed by atoms with Crippen LogP contribution in [0.4, 0.5) is 5.82 Å². The first kappa shape index (κ1) is 16.7. The van der Waals surface area contributed by atoms with Gasteiger partial charge in [0.15, 0.2) is 0 Å². The number of hydrogen-bond acceptors (Lipinski definition) is 5. The van der Waals surface area contributed by atoms with Crippen molar-refractivity contribution in [3.63, 3.8) is 0 Å². The third kappa shape index (κ3) is 4.01. The molecule has 2 aromatic rings. The minimum absolute atomic E-state index is 0.0979. The summed E-state index contributed by atoms with van der Waals surface area (Å²) in [5.74, 6) is 0.443. The number of nitrogens with zero attached hydrogens (tertiary/aromatic N) is 3. The normalized spacial score (nSPS) is 17.7. The number of amides is 1. The molecule has 1 amide bonds. The first-order valence-electron chi connectivity index (χ1n) is 7.83. The minimum atomic E-state index is -0.327. The summed E-state index contributed by atoms with van der Waals surface area (Å²) in [7, 11) is 0. The van der Waals surface area contributed by atoms with E-state index in [1.54, 1.807) is 11.1 Å². The number of aromatic nitrogens is 2. The smallest absolute Gasteiger partial charge is 0.223 e. The average molecular weight is 347 g/mol. The molecular weight excluding hydrogens is 328 g/mol. The van der Waals surface area contributed by atoms with E-state index < -0.39 is 0 Å². The average Bonchev–Trinajstić information content (AvgIpc) is 2.61. The summed E-state index contributed by atoms with van der Waals surface area (Å²) >= 11 is 5.87. The number of hydrogen-bond donors (Lipinski definition) is 1. The molecule has 0 bridgehead atoms. The fourth-order valence-corrected chi connectivity index (χ4v) is 2.84. The van der Waals surface area contributed by atoms with Crippen molar-refractivity contribution >= 4 is 23.3 Å². The summed E-state index contributed by atoms with van der Waals surface area (Å²) in [4.78, 5) is 22.5. The molecule has 0 spiro atoms. The number of carbonyl (C=O) groups excluding carboxylic acids is 1. The zero-order chi connectivity index (χ0) is 16.9. The number of aryl methyl sites for hydroxylation is 1. The third-order valence-electron chi connectivity index (χ3n) is 4.02. The largest absolute Gasteiger partial charge is 0.382 e. The molecular formula is C17H19ClN4O2. The van der Waals surface area contributed by atoms with E-state index in [0.29, 0.717) is 49.1 Å². The topological polar surface area (TPSA) is 81.3 Å². The Kier molecular flexibility index (Phi) is 5.27. The third-order valence-corrected chi connectivity index (χ3v) is 4.27. The summed E-state index contributed by atoms with van der Waals surface area (Å²) in [6, 6.07) is 7.56. The second kappa shape index (κ2) is 7.59. The highest BCUT2D eigenvalue weighted by Gasteiger charge is 2.27. The molecule has 1 saturated heterocycles. The van der Waals surface area contributed by atoms with Gasteiger partial charge < -0.3 is 15.4 Å². The summed E-state index contributed by atoms with van der Waals surface area (Å²) < 4.78 is 5.71. The monoisotopic (exact) mass is 346 g/mol. The molecule has 3 rings (SSSR count). The van der Waals surface area contributed by atoms with Gasteiger partial charge in [-0.3, -0.25) is 9.78 Å². The molecule has 6 nitrogen and oxygen atoms in total. The number of morpholine rings is 1. The Bertz CT molecular complexity index is 708. The molecule has 1 atom stereocenters. The van der Waals surface area contributed by atoms with Gasteiger partial charge in [0, 0.05) is 30.4 Å². The number of nitrogen functional groups attached to an aromatic ring is 1. The fourth-order valence-electron chi connectivity index (χ4n) is 2.71. The molecule has 0 radical (unpaired) electrons. The molecule has 1 aliphatic heterocycles. The molecule has 126 valence electrons. The van der Waals surface area contributed by atoms with Gasteiger partial charge in [0.1, 0.15) is 17.6 Å². The van der Waals surface area contributed by atoms with E-state index >= 15 is 0 Å². The number of halogens is 1. The molecule has 1 aliphatic rings. The maximum Gasteiger partial charge on any atom is 0.223 e. The molecule has 7 heteroatoms. The van der Waals surface area contributed by atoms with Crippen LogP contribution in [0.5, 0.6) is 0 Å². The maximum atomic E-state index is 12.5. The Morgan fingerprint density at radius 2 is 2.04 bits per heavy atom. The summed E-state index contributed by atoms with van der Waals surface area (Å²) in [5.41, 5.74) is 7.54. The van der Waals surface area contributed by atoms with E-state index in [4.69, 9.17) is 22.1 Å². The maximum absolute atomic E-state index is 12.5. The van der Waals surface area contributed by atoms with Crippen molar-refractivity contribution in [3.05, 3.63) is 52.9 Å². The van der Waals surface area contributed by atoms with Gasteiger partial charge in [-0.25, -0.2) is 4.98 Å². The summed E-state index contributed by atoms with van der Waals surface area (Å²) in [5, 5.41) is 0.697. The lowest BCUT2D eigenvalue weighted by molar-refractivity contribution is -0.139. The number of nitrogens with two attached hydrogens (primary N) is 1. The molecule has 1 fully saturated rings. The van der Waals surface area contributed by atoms with Crippen molar-refractivity contribution in [3.8, 4) is 0 Å². The second-order valence-electron chi connectivity index (χ2n) is 5.65. The first-order chi connectivity index (χ1) is 11.6. The number of rotatable bonds is 4. The van der Waals surface area contributed by atoms with Gasteiger partial charge in [0.25, 0.3) is 0 Å². The molecule has 0 saturated carbocycles. The van der Waals surface area contributed by atoms with E-state index in [0.717, 1.165) is 5.56 Å². The highest BCUT2D eigenvalue weighted by molar-refractivity contribution is 6.30. The van der Waals surface area contributed by atoms with Crippen LogP contribution < -0.4 is 5.73 Å². The lowest BCUT2D eigenvalue weighted by Gasteiger charge is -2.33. The number of carbonyl (C=O) groups is 1. The van der Waals surface area contributed by atoms with Crippen LogP contribution >= 0.6 is 11.6 Å². The Hall–Kier alpha value is -2.18. The molecule has 1 aromatic heterocycles. The van der Waals surface area contributed by atoms with Crippen LogP contribution in [-0.2, 0) is 16.0 Å². The van der Waals surface area contributed by atoms with Crippen molar-refractivity contribution in [2.45, 2.75) is 18.9 Å². The zero-order valence-electron chi connectivity index (χ0n) is 13.2. The van der Waals surface area contributed by atoms with Gasteiger partial charge >= 0.3 is 0 Å². The van der Waals surface area contributed by atoms with Gasteiger partial charge in [-0.15, -0.1) is 0 Å². The Labute approximate surface area is 145 Å². The Morgan fingerprint density at radius 1 is 1.29 bits per heavy atom. The predicted molar refractivity (Wildman–Crippen MR) is 91.5 cm³/mol. The molecule has 24 heavy (non-hydrogen) atoms. The van der Waals surface area contributed by atoms with Gasteiger partial charge in [0.05, 0.1) is 13.2 Å². The van der Waals surface area contributed by atoms with Crippen molar-refractivity contribution in [1.82, 2.24) is 14.9 Å². The first-order valence-corrected chi connectivity index (χ1v) is 8.21. The lowest BCUT2D eigenvalue weighted by Crippen LogP contribution is -2.42. The van der Waals surface area contributed by atoms with Gasteiger partial charge in [-0.2, -0.15) is 0 Å². The van der Waals surface area contributed by atoms with Crippen molar-refractivity contribution in [1.29, 1.82) is 0 Å². The van der Waals surface area contributed by atoms with E-state index in [1.165, 1.54) is 6.20 Å². The zero-order valence-corrected chi connectivity index (χ0v) is 13.9. The van der Waals surface area contributed by atoms with Crippen LogP contribution in [0, 0.1) is 0 Å². The van der Waals surface area contributed by atoms with Gasteiger partial charge in [-0.1, -0.05) is 23.7 Å². The van der Waals surface area contributed by atoms with Crippen molar-refractivity contribution in [2.75, 3.05) is 25.4 Å². The lowest BCUT2D eigenvalue weighted by atomic mass is 10.1. The van der Waals surface area contributed by atoms with E-state index in [1.807, 2.05) is 24.3 Å². The highest BCUT2D eigenvalue weighted by atomic mass is 35.5. The fraction of sp³-hybridized carbons (Fsp3) is 0.353. The number of benzene rings is 1. The molecule has 2 heterocycles. The second-order valence-corrected chi connectivity index (χ2v) is 6.09. The van der Waals surface area contributed by atoms with Crippen molar-refractivity contribution in [2.24, 2.45) is 0 Å². The van der Waals surface area contributed by atoms with Gasteiger partial charge in [-0.05, 0) is 24.1 Å².